The normalized spacial score (nSPS) is 17.5. The molecule has 0 bridgehead atoms. The Balaban J connectivity index is 1.62. The van der Waals surface area contributed by atoms with E-state index in [1.54, 1.807) is 11.2 Å². The van der Waals surface area contributed by atoms with Gasteiger partial charge in [0.25, 0.3) is 0 Å². The van der Waals surface area contributed by atoms with E-state index in [0.717, 1.165) is 12.4 Å². The van der Waals surface area contributed by atoms with Crippen LogP contribution in [0, 0.1) is 0 Å². The average molecular weight is 365 g/mol. The van der Waals surface area contributed by atoms with E-state index in [9.17, 15) is 0 Å². The van der Waals surface area contributed by atoms with E-state index in [-0.39, 0.29) is 0 Å². The van der Waals surface area contributed by atoms with Gasteiger partial charge in [0.1, 0.15) is 17.0 Å². The predicted molar refractivity (Wildman–Crippen MR) is 107 cm³/mol. The smallest absolute Gasteiger partial charge is 0.141 e. The Morgan fingerprint density at radius 3 is 2.65 bits per heavy atom. The van der Waals surface area contributed by atoms with E-state index in [2.05, 4.69) is 27.0 Å². The van der Waals surface area contributed by atoms with Crippen molar-refractivity contribution in [3.05, 3.63) is 46.9 Å². The van der Waals surface area contributed by atoms with Gasteiger partial charge in [0, 0.05) is 29.9 Å². The van der Waals surface area contributed by atoms with Gasteiger partial charge < -0.3 is 4.90 Å². The van der Waals surface area contributed by atoms with Crippen molar-refractivity contribution in [1.29, 1.82) is 0 Å². The van der Waals surface area contributed by atoms with Crippen LogP contribution in [0.4, 0.5) is 5.82 Å². The zero-order valence-corrected chi connectivity index (χ0v) is 15.8. The Bertz CT molecular complexity index is 899. The Morgan fingerprint density at radius 2 is 1.81 bits per heavy atom. The highest BCUT2D eigenvalue weighted by atomic mass is 32.1. The minimum absolute atomic E-state index is 0.584. The van der Waals surface area contributed by atoms with E-state index in [0.29, 0.717) is 6.04 Å². The fourth-order valence-corrected chi connectivity index (χ4v) is 5.79. The van der Waals surface area contributed by atoms with E-state index < -0.39 is 0 Å². The fourth-order valence-electron chi connectivity index (χ4n) is 4.57. The van der Waals surface area contributed by atoms with Gasteiger partial charge in [0.2, 0.25) is 0 Å². The lowest BCUT2D eigenvalue weighted by atomic mass is 9.96. The lowest BCUT2D eigenvalue weighted by molar-refractivity contribution is 0.599. The molecule has 3 aromatic heterocycles. The second-order valence-corrected chi connectivity index (χ2v) is 8.59. The van der Waals surface area contributed by atoms with Gasteiger partial charge in [-0.05, 0) is 61.8 Å². The van der Waals surface area contributed by atoms with Gasteiger partial charge in [-0.15, -0.1) is 11.3 Å². The molecule has 5 heteroatoms. The molecule has 0 radical (unpaired) electrons. The molecule has 0 aromatic carbocycles. The number of aryl methyl sites for hydroxylation is 2. The first-order chi connectivity index (χ1) is 12.9. The van der Waals surface area contributed by atoms with Gasteiger partial charge in [-0.25, -0.2) is 9.97 Å². The highest BCUT2D eigenvalue weighted by molar-refractivity contribution is 7.19. The van der Waals surface area contributed by atoms with Crippen LogP contribution in [-0.2, 0) is 19.4 Å². The largest absolute Gasteiger partial charge is 0.349 e. The molecule has 0 saturated heterocycles. The van der Waals surface area contributed by atoms with E-state index in [1.807, 2.05) is 23.7 Å². The number of pyridine rings is 1. The first kappa shape index (κ1) is 16.2. The summed E-state index contributed by atoms with van der Waals surface area (Å²) in [5.74, 6) is 1.16. The Morgan fingerprint density at radius 1 is 1.00 bits per heavy atom. The Kier molecular flexibility index (Phi) is 4.33. The SMILES string of the molecule is c1cc(CN(c2ncnc3sc4c(c23)CCCC4)C2CCCC2)ccn1. The Hall–Kier alpha value is -2.01. The number of nitrogens with zero attached hydrogens (tertiary/aromatic N) is 4. The first-order valence-electron chi connectivity index (χ1n) is 9.81. The summed E-state index contributed by atoms with van der Waals surface area (Å²) < 4.78 is 0. The molecule has 0 atom stereocenters. The maximum atomic E-state index is 4.83. The average Bonchev–Trinajstić information content (AvgIpc) is 3.34. The zero-order chi connectivity index (χ0) is 17.3. The second-order valence-electron chi connectivity index (χ2n) is 7.51. The van der Waals surface area contributed by atoms with Crippen molar-refractivity contribution in [2.45, 2.75) is 64.0 Å². The van der Waals surface area contributed by atoms with Crippen LogP contribution in [0.25, 0.3) is 10.2 Å². The highest BCUT2D eigenvalue weighted by Gasteiger charge is 2.28. The van der Waals surface area contributed by atoms with Gasteiger partial charge in [0.15, 0.2) is 0 Å². The summed E-state index contributed by atoms with van der Waals surface area (Å²) in [4.78, 5) is 18.9. The van der Waals surface area contributed by atoms with Crippen molar-refractivity contribution in [2.75, 3.05) is 4.90 Å². The molecular weight excluding hydrogens is 340 g/mol. The summed E-state index contributed by atoms with van der Waals surface area (Å²) in [5.41, 5.74) is 2.84. The number of hydrogen-bond acceptors (Lipinski definition) is 5. The minimum atomic E-state index is 0.584. The van der Waals surface area contributed by atoms with Crippen LogP contribution in [0.5, 0.6) is 0 Å². The second kappa shape index (κ2) is 6.95. The van der Waals surface area contributed by atoms with E-state index >= 15 is 0 Å². The van der Waals surface area contributed by atoms with Gasteiger partial charge in [-0.1, -0.05) is 12.8 Å². The van der Waals surface area contributed by atoms with Crippen molar-refractivity contribution >= 4 is 27.4 Å². The van der Waals surface area contributed by atoms with Gasteiger partial charge >= 0.3 is 0 Å². The van der Waals surface area contributed by atoms with Crippen molar-refractivity contribution in [3.8, 4) is 0 Å². The topological polar surface area (TPSA) is 41.9 Å². The van der Waals surface area contributed by atoms with Crippen LogP contribution in [-0.4, -0.2) is 21.0 Å². The highest BCUT2D eigenvalue weighted by Crippen LogP contribution is 2.41. The minimum Gasteiger partial charge on any atom is -0.349 e. The number of aromatic nitrogens is 3. The summed E-state index contributed by atoms with van der Waals surface area (Å²) >= 11 is 1.89. The number of thiophene rings is 1. The molecule has 3 heterocycles. The van der Waals surface area contributed by atoms with Gasteiger partial charge in [0.05, 0.1) is 5.39 Å². The molecule has 134 valence electrons. The third kappa shape index (κ3) is 2.88. The Labute approximate surface area is 158 Å². The van der Waals surface area contributed by atoms with E-state index in [4.69, 9.17) is 4.98 Å². The van der Waals surface area contributed by atoms with Crippen LogP contribution < -0.4 is 4.90 Å². The van der Waals surface area contributed by atoms with Crippen LogP contribution in [0.1, 0.15) is 54.5 Å². The lowest BCUT2D eigenvalue weighted by Gasteiger charge is -2.31. The van der Waals surface area contributed by atoms with Crippen molar-refractivity contribution in [3.63, 3.8) is 0 Å². The molecule has 26 heavy (non-hydrogen) atoms. The molecule has 0 aliphatic heterocycles. The summed E-state index contributed by atoms with van der Waals surface area (Å²) in [5, 5.41) is 1.34. The molecule has 0 amide bonds. The molecule has 5 rings (SSSR count). The number of anilines is 1. The maximum absolute atomic E-state index is 4.83. The third-order valence-electron chi connectivity index (χ3n) is 5.87. The van der Waals surface area contributed by atoms with Crippen molar-refractivity contribution in [2.24, 2.45) is 0 Å². The molecule has 2 aliphatic carbocycles. The summed E-state index contributed by atoms with van der Waals surface area (Å²) in [6.45, 7) is 0.907. The monoisotopic (exact) mass is 364 g/mol. The van der Waals surface area contributed by atoms with Crippen LogP contribution in [0.15, 0.2) is 30.9 Å². The summed E-state index contributed by atoms with van der Waals surface area (Å²) in [6, 6.07) is 4.84. The molecule has 2 aliphatic rings. The third-order valence-corrected chi connectivity index (χ3v) is 7.07. The zero-order valence-electron chi connectivity index (χ0n) is 15.0. The molecule has 0 unspecified atom stereocenters. The molecule has 3 aromatic rings. The van der Waals surface area contributed by atoms with Crippen LogP contribution in [0.3, 0.4) is 0 Å². The lowest BCUT2D eigenvalue weighted by Crippen LogP contribution is -2.33. The van der Waals surface area contributed by atoms with Gasteiger partial charge in [-0.3, -0.25) is 4.98 Å². The molecular formula is C21H24N4S. The van der Waals surface area contributed by atoms with Crippen molar-refractivity contribution < 1.29 is 0 Å². The van der Waals surface area contributed by atoms with Crippen LogP contribution in [0.2, 0.25) is 0 Å². The molecule has 1 fully saturated rings. The molecule has 1 saturated carbocycles. The first-order valence-corrected chi connectivity index (χ1v) is 10.6. The van der Waals surface area contributed by atoms with Crippen LogP contribution >= 0.6 is 11.3 Å². The summed E-state index contributed by atoms with van der Waals surface area (Å²) in [6.07, 6.45) is 15.7. The number of fused-ring (bicyclic) bond motifs is 3. The van der Waals surface area contributed by atoms with Crippen molar-refractivity contribution in [1.82, 2.24) is 15.0 Å². The number of rotatable bonds is 4. The molecule has 0 spiro atoms. The number of hydrogen-bond donors (Lipinski definition) is 0. The molecule has 0 N–H and O–H groups in total. The maximum Gasteiger partial charge on any atom is 0.141 e. The fraction of sp³-hybridized carbons (Fsp3) is 0.476. The van der Waals surface area contributed by atoms with E-state index in [1.165, 1.54) is 72.7 Å². The van der Waals surface area contributed by atoms with Gasteiger partial charge in [-0.2, -0.15) is 0 Å². The quantitative estimate of drug-likeness (QED) is 0.659. The summed E-state index contributed by atoms with van der Waals surface area (Å²) in [7, 11) is 0. The standard InChI is InChI=1S/C21H24N4S/c1-2-6-16(5-1)25(13-15-9-11-22-12-10-15)20-19-17-7-3-4-8-18(17)26-21(19)24-14-23-20/h9-12,14,16H,1-8,13H2. The predicted octanol–water partition coefficient (Wildman–Crippen LogP) is 4.91. The molecule has 4 nitrogen and oxygen atoms in total.